The minimum Gasteiger partial charge on any atom is -0.486 e. The van der Waals surface area contributed by atoms with E-state index in [0.29, 0.717) is 17.1 Å². The summed E-state index contributed by atoms with van der Waals surface area (Å²) < 4.78 is 20.0. The van der Waals surface area contributed by atoms with Gasteiger partial charge in [-0.2, -0.15) is 0 Å². The van der Waals surface area contributed by atoms with Crippen LogP contribution in [0.4, 0.5) is 10.1 Å². The molecule has 0 aliphatic rings. The topological polar surface area (TPSA) is 94.8 Å². The zero-order chi connectivity index (χ0) is 20.1. The molecule has 0 saturated carbocycles. The van der Waals surface area contributed by atoms with Gasteiger partial charge < -0.3 is 10.1 Å². The molecule has 146 valence electrons. The monoisotopic (exact) mass is 410 g/mol. The highest BCUT2D eigenvalue weighted by Gasteiger charge is 2.10. The fourth-order valence-electron chi connectivity index (χ4n) is 2.55. The van der Waals surface area contributed by atoms with Crippen molar-refractivity contribution in [2.45, 2.75) is 13.0 Å². The number of halogens is 1. The van der Waals surface area contributed by atoms with Crippen LogP contribution in [-0.2, 0) is 17.8 Å². The highest BCUT2D eigenvalue weighted by molar-refractivity contribution is 7.09. The highest BCUT2D eigenvalue weighted by Crippen LogP contribution is 2.17. The van der Waals surface area contributed by atoms with E-state index in [1.807, 2.05) is 11.4 Å². The van der Waals surface area contributed by atoms with Crippen LogP contribution >= 0.6 is 11.3 Å². The van der Waals surface area contributed by atoms with Gasteiger partial charge in [0.05, 0.1) is 17.8 Å². The Hall–Kier alpha value is -3.66. The number of nitrogens with zero attached hydrogens (tertiary/aromatic N) is 5. The van der Waals surface area contributed by atoms with Gasteiger partial charge in [-0.3, -0.25) is 4.79 Å². The normalized spacial score (nSPS) is 10.7. The standard InChI is InChI=1S/C19H15FN6O2S/c20-13-4-6-17(7-5-13)28-10-19-23-15(11-29-19)9-18(27)22-14-2-1-3-16(8-14)26-12-21-24-25-26/h1-8,11-12H,9-10H2,(H,22,27). The first-order valence-corrected chi connectivity index (χ1v) is 9.48. The van der Waals surface area contributed by atoms with Crippen LogP contribution in [0.1, 0.15) is 10.7 Å². The van der Waals surface area contributed by atoms with Gasteiger partial charge in [-0.15, -0.1) is 16.4 Å². The fraction of sp³-hybridized carbons (Fsp3) is 0.105. The molecule has 0 fully saturated rings. The average molecular weight is 410 g/mol. The van der Waals surface area contributed by atoms with E-state index in [4.69, 9.17) is 4.74 Å². The molecular weight excluding hydrogens is 395 g/mol. The minimum atomic E-state index is -0.316. The average Bonchev–Trinajstić information content (AvgIpc) is 3.40. The van der Waals surface area contributed by atoms with Crippen molar-refractivity contribution in [1.29, 1.82) is 0 Å². The van der Waals surface area contributed by atoms with E-state index in [9.17, 15) is 9.18 Å². The molecule has 4 aromatic rings. The summed E-state index contributed by atoms with van der Waals surface area (Å²) in [6.07, 6.45) is 1.62. The molecule has 1 N–H and O–H groups in total. The Kier molecular flexibility index (Phi) is 5.52. The number of nitrogens with one attached hydrogen (secondary N) is 1. The molecule has 0 unspecified atom stereocenters. The predicted molar refractivity (Wildman–Crippen MR) is 104 cm³/mol. The molecule has 0 bridgehead atoms. The third kappa shape index (κ3) is 4.99. The lowest BCUT2D eigenvalue weighted by atomic mass is 10.2. The van der Waals surface area contributed by atoms with Crippen molar-refractivity contribution in [2.24, 2.45) is 0 Å². The third-order valence-corrected chi connectivity index (χ3v) is 4.73. The van der Waals surface area contributed by atoms with Crippen LogP contribution in [0, 0.1) is 5.82 Å². The Balaban J connectivity index is 1.32. The van der Waals surface area contributed by atoms with Crippen LogP contribution < -0.4 is 10.1 Å². The first-order chi connectivity index (χ1) is 14.2. The van der Waals surface area contributed by atoms with Gasteiger partial charge in [0.25, 0.3) is 0 Å². The van der Waals surface area contributed by atoms with Crippen molar-refractivity contribution in [1.82, 2.24) is 25.2 Å². The van der Waals surface area contributed by atoms with Gasteiger partial charge in [0, 0.05) is 11.1 Å². The molecule has 8 nitrogen and oxygen atoms in total. The first-order valence-electron chi connectivity index (χ1n) is 8.61. The first kappa shape index (κ1) is 18.7. The Morgan fingerprint density at radius 3 is 2.86 bits per heavy atom. The van der Waals surface area contributed by atoms with Crippen LogP contribution in [-0.4, -0.2) is 31.1 Å². The summed E-state index contributed by atoms with van der Waals surface area (Å²) in [6, 6.07) is 13.0. The number of aromatic nitrogens is 5. The minimum absolute atomic E-state index is 0.141. The third-order valence-electron chi connectivity index (χ3n) is 3.86. The van der Waals surface area contributed by atoms with Crippen molar-refractivity contribution in [3.05, 3.63) is 76.8 Å². The number of hydrogen-bond acceptors (Lipinski definition) is 7. The molecule has 0 aliphatic carbocycles. The summed E-state index contributed by atoms with van der Waals surface area (Å²) in [7, 11) is 0. The Morgan fingerprint density at radius 1 is 1.21 bits per heavy atom. The quantitative estimate of drug-likeness (QED) is 0.503. The molecule has 10 heteroatoms. The number of hydrogen-bond donors (Lipinski definition) is 1. The van der Waals surface area contributed by atoms with Gasteiger partial charge in [-0.25, -0.2) is 14.1 Å². The maximum absolute atomic E-state index is 12.9. The van der Waals surface area contributed by atoms with Crippen molar-refractivity contribution in [2.75, 3.05) is 5.32 Å². The number of tetrazole rings is 1. The van der Waals surface area contributed by atoms with Crippen molar-refractivity contribution in [3.63, 3.8) is 0 Å². The fourth-order valence-corrected chi connectivity index (χ4v) is 3.25. The van der Waals surface area contributed by atoms with Crippen LogP contribution in [0.5, 0.6) is 5.75 Å². The number of benzene rings is 2. The largest absolute Gasteiger partial charge is 0.486 e. The van der Waals surface area contributed by atoms with E-state index in [2.05, 4.69) is 25.8 Å². The van der Waals surface area contributed by atoms with Gasteiger partial charge in [-0.1, -0.05) is 6.07 Å². The zero-order valence-corrected chi connectivity index (χ0v) is 15.8. The van der Waals surface area contributed by atoms with Crippen molar-refractivity contribution < 1.29 is 13.9 Å². The Morgan fingerprint density at radius 2 is 2.07 bits per heavy atom. The van der Waals surface area contributed by atoms with Crippen LogP contribution in [0.25, 0.3) is 5.69 Å². The SMILES string of the molecule is O=C(Cc1csc(COc2ccc(F)cc2)n1)Nc1cccc(-n2cnnn2)c1. The molecule has 0 atom stereocenters. The number of amides is 1. The second kappa shape index (κ2) is 8.57. The van der Waals surface area contributed by atoms with Gasteiger partial charge >= 0.3 is 0 Å². The molecule has 0 saturated heterocycles. The second-order valence-corrected chi connectivity index (χ2v) is 6.95. The summed E-state index contributed by atoms with van der Waals surface area (Å²) in [5.74, 6) is 0.0573. The second-order valence-electron chi connectivity index (χ2n) is 6.00. The zero-order valence-electron chi connectivity index (χ0n) is 15.0. The molecule has 0 aliphatic heterocycles. The van der Waals surface area contributed by atoms with E-state index in [1.165, 1.54) is 34.5 Å². The van der Waals surface area contributed by atoms with E-state index < -0.39 is 0 Å². The van der Waals surface area contributed by atoms with Crippen molar-refractivity contribution in [3.8, 4) is 11.4 Å². The molecule has 1 amide bonds. The number of carbonyl (C=O) groups excluding carboxylic acids is 1. The molecule has 29 heavy (non-hydrogen) atoms. The van der Waals surface area contributed by atoms with E-state index >= 15 is 0 Å². The van der Waals surface area contributed by atoms with Gasteiger partial charge in [0.1, 0.15) is 29.5 Å². The van der Waals surface area contributed by atoms with Crippen LogP contribution in [0.2, 0.25) is 0 Å². The molecule has 4 rings (SSSR count). The number of thiazole rings is 1. The maximum Gasteiger partial charge on any atom is 0.230 e. The number of ether oxygens (including phenoxy) is 1. The number of carbonyl (C=O) groups is 1. The number of rotatable bonds is 7. The molecule has 2 heterocycles. The van der Waals surface area contributed by atoms with E-state index in [0.717, 1.165) is 10.7 Å². The molecule has 0 radical (unpaired) electrons. The Labute approximate surface area is 169 Å². The lowest BCUT2D eigenvalue weighted by Crippen LogP contribution is -2.15. The molecule has 0 spiro atoms. The molecular formula is C19H15FN6O2S. The molecule has 2 aromatic carbocycles. The summed E-state index contributed by atoms with van der Waals surface area (Å²) in [5.41, 5.74) is 2.03. The van der Waals surface area contributed by atoms with Gasteiger partial charge in [-0.05, 0) is 52.9 Å². The summed E-state index contributed by atoms with van der Waals surface area (Å²) in [5, 5.41) is 16.4. The van der Waals surface area contributed by atoms with Gasteiger partial charge in [0.15, 0.2) is 0 Å². The number of anilines is 1. The van der Waals surface area contributed by atoms with Crippen molar-refractivity contribution >= 4 is 22.9 Å². The van der Waals surface area contributed by atoms with Crippen LogP contribution in [0.15, 0.2) is 60.2 Å². The lowest BCUT2D eigenvalue weighted by molar-refractivity contribution is -0.115. The maximum atomic E-state index is 12.9. The Bertz CT molecular complexity index is 1100. The smallest absolute Gasteiger partial charge is 0.230 e. The lowest BCUT2D eigenvalue weighted by Gasteiger charge is -2.06. The summed E-state index contributed by atoms with van der Waals surface area (Å²) in [4.78, 5) is 16.8. The van der Waals surface area contributed by atoms with E-state index in [1.54, 1.807) is 30.3 Å². The predicted octanol–water partition coefficient (Wildman–Crippen LogP) is 3.02. The molecule has 2 aromatic heterocycles. The van der Waals surface area contributed by atoms with E-state index in [-0.39, 0.29) is 24.8 Å². The highest BCUT2D eigenvalue weighted by atomic mass is 32.1. The summed E-state index contributed by atoms with van der Waals surface area (Å²) in [6.45, 7) is 0.256. The van der Waals surface area contributed by atoms with Gasteiger partial charge in [0.2, 0.25) is 5.91 Å². The summed E-state index contributed by atoms with van der Waals surface area (Å²) >= 11 is 1.41. The van der Waals surface area contributed by atoms with Crippen LogP contribution in [0.3, 0.4) is 0 Å².